The van der Waals surface area contributed by atoms with Crippen LogP contribution in [0.4, 0.5) is 10.8 Å². The number of aromatic nitrogens is 1. The van der Waals surface area contributed by atoms with Crippen molar-refractivity contribution in [3.8, 4) is 0 Å². The first kappa shape index (κ1) is 24.2. The van der Waals surface area contributed by atoms with Gasteiger partial charge in [0.2, 0.25) is 0 Å². The number of aryl methyl sites for hydroxylation is 1. The van der Waals surface area contributed by atoms with E-state index in [4.69, 9.17) is 4.98 Å². The van der Waals surface area contributed by atoms with E-state index < -0.39 is 6.10 Å². The third kappa shape index (κ3) is 4.68. The Kier molecular flexibility index (Phi) is 6.13. The third-order valence-corrected chi connectivity index (χ3v) is 9.21. The number of nitrogens with zero attached hydrogens (tertiary/aromatic N) is 2. The second kappa shape index (κ2) is 8.86. The minimum absolute atomic E-state index is 0.0879. The molecule has 184 valence electrons. The predicted octanol–water partition coefficient (Wildman–Crippen LogP) is 7.26. The Hall–Kier alpha value is -2.50. The first-order chi connectivity index (χ1) is 16.6. The van der Waals surface area contributed by atoms with E-state index in [1.807, 2.05) is 48.6 Å². The van der Waals surface area contributed by atoms with Gasteiger partial charge in [0.25, 0.3) is 0 Å². The molecule has 2 aliphatic rings. The van der Waals surface area contributed by atoms with Gasteiger partial charge in [0, 0.05) is 33.5 Å². The molecule has 0 bridgehead atoms. The highest BCUT2D eigenvalue weighted by molar-refractivity contribution is 7.16. The minimum atomic E-state index is -1.15. The summed E-state index contributed by atoms with van der Waals surface area (Å²) in [5.74, 6) is 0.431. The molecule has 1 heterocycles. The molecule has 0 spiro atoms. The predicted molar refractivity (Wildman–Crippen MR) is 144 cm³/mol. The zero-order chi connectivity index (χ0) is 25.0. The Balaban J connectivity index is 1.49. The molecular weight excluding hydrogens is 452 g/mol. The summed E-state index contributed by atoms with van der Waals surface area (Å²) >= 11 is 1.84. The quantitative estimate of drug-likeness (QED) is 0.356. The van der Waals surface area contributed by atoms with E-state index in [1.165, 1.54) is 29.8 Å². The Morgan fingerprint density at radius 1 is 1.09 bits per heavy atom. The number of Topliss-reactive ketones (excluding diaryl/α,β-unsaturated/α-hetero) is 1. The molecule has 0 amide bonds. The van der Waals surface area contributed by atoms with Gasteiger partial charge in [0.15, 0.2) is 10.9 Å². The molecular formula is C30H36N2O2S. The molecule has 1 unspecified atom stereocenters. The van der Waals surface area contributed by atoms with Crippen LogP contribution in [-0.2, 0) is 10.8 Å². The Morgan fingerprint density at radius 3 is 2.40 bits per heavy atom. The maximum Gasteiger partial charge on any atom is 0.196 e. The Labute approximate surface area is 213 Å². The third-order valence-electron chi connectivity index (χ3n) is 7.77. The molecule has 5 rings (SSSR count). The number of benzene rings is 2. The summed E-state index contributed by atoms with van der Waals surface area (Å²) < 4.78 is 0. The van der Waals surface area contributed by atoms with Crippen LogP contribution < -0.4 is 4.90 Å². The highest BCUT2D eigenvalue weighted by Gasteiger charge is 2.41. The van der Waals surface area contributed by atoms with Crippen molar-refractivity contribution >= 4 is 27.9 Å². The van der Waals surface area contributed by atoms with Crippen LogP contribution in [0.15, 0.2) is 48.5 Å². The number of ketones is 1. The van der Waals surface area contributed by atoms with E-state index in [-0.39, 0.29) is 16.6 Å². The minimum Gasteiger partial charge on any atom is -0.380 e. The number of anilines is 2. The van der Waals surface area contributed by atoms with Gasteiger partial charge in [-0.1, -0.05) is 58.0 Å². The van der Waals surface area contributed by atoms with Crippen molar-refractivity contribution in [3.05, 3.63) is 75.8 Å². The van der Waals surface area contributed by atoms with Crippen molar-refractivity contribution in [1.29, 1.82) is 0 Å². The molecule has 1 fully saturated rings. The van der Waals surface area contributed by atoms with E-state index in [0.717, 1.165) is 29.3 Å². The summed E-state index contributed by atoms with van der Waals surface area (Å²) in [5, 5.41) is 11.7. The number of thiazole rings is 1. The van der Waals surface area contributed by atoms with E-state index >= 15 is 0 Å². The SMILES string of the molecule is Cc1cc(N(CC2CC2)c2nc3c(s2)C(C)(C)CCC3(C)C)ccc1C(=O)C(O)c1ccccc1. The summed E-state index contributed by atoms with van der Waals surface area (Å²) in [6.07, 6.45) is 3.70. The fourth-order valence-corrected chi connectivity index (χ4v) is 6.48. The van der Waals surface area contributed by atoms with Crippen molar-refractivity contribution in [2.24, 2.45) is 5.92 Å². The lowest BCUT2D eigenvalue weighted by Gasteiger charge is -2.37. The number of hydrogen-bond acceptors (Lipinski definition) is 5. The monoisotopic (exact) mass is 488 g/mol. The summed E-state index contributed by atoms with van der Waals surface area (Å²) in [7, 11) is 0. The highest BCUT2D eigenvalue weighted by Crippen LogP contribution is 2.50. The Morgan fingerprint density at radius 2 is 1.77 bits per heavy atom. The second-order valence-corrected chi connectivity index (χ2v) is 12.7. The number of hydrogen-bond donors (Lipinski definition) is 1. The first-order valence-corrected chi connectivity index (χ1v) is 13.6. The molecule has 1 atom stereocenters. The van der Waals surface area contributed by atoms with E-state index in [9.17, 15) is 9.90 Å². The van der Waals surface area contributed by atoms with Crippen LogP contribution >= 0.6 is 11.3 Å². The van der Waals surface area contributed by atoms with Gasteiger partial charge >= 0.3 is 0 Å². The van der Waals surface area contributed by atoms with Gasteiger partial charge in [0.05, 0.1) is 5.69 Å². The van der Waals surface area contributed by atoms with Crippen molar-refractivity contribution in [3.63, 3.8) is 0 Å². The maximum absolute atomic E-state index is 13.1. The normalized spacial score (nSPS) is 19.1. The summed E-state index contributed by atoms with van der Waals surface area (Å²) in [5.41, 5.74) is 4.62. The number of carbonyl (C=O) groups excluding carboxylic acids is 1. The number of rotatable bonds is 7. The zero-order valence-electron chi connectivity index (χ0n) is 21.5. The molecule has 3 aromatic rings. The van der Waals surface area contributed by atoms with Crippen LogP contribution in [0.25, 0.3) is 0 Å². The molecule has 0 aliphatic heterocycles. The fraction of sp³-hybridized carbons (Fsp3) is 0.467. The fourth-order valence-electron chi connectivity index (χ4n) is 5.08. The Bertz CT molecular complexity index is 1210. The summed E-state index contributed by atoms with van der Waals surface area (Å²) in [6, 6.07) is 15.1. The second-order valence-electron chi connectivity index (χ2n) is 11.7. The number of carbonyl (C=O) groups is 1. The molecule has 5 heteroatoms. The standard InChI is InChI=1S/C30H36N2O2S/c1-19-17-22(13-14-23(19)25(34)24(33)21-9-7-6-8-10-21)32(18-20-11-12-20)28-31-26-27(35-28)30(4,5)16-15-29(26,2)3/h6-10,13-14,17,20,24,33H,11-12,15-16,18H2,1-5H3. The lowest BCUT2D eigenvalue weighted by molar-refractivity contribution is 0.0747. The topological polar surface area (TPSA) is 53.4 Å². The van der Waals surface area contributed by atoms with Crippen LogP contribution in [0.1, 0.15) is 91.5 Å². The molecule has 1 N–H and O–H groups in total. The molecule has 0 saturated heterocycles. The highest BCUT2D eigenvalue weighted by atomic mass is 32.1. The average molecular weight is 489 g/mol. The number of fused-ring (bicyclic) bond motifs is 1. The largest absolute Gasteiger partial charge is 0.380 e. The van der Waals surface area contributed by atoms with E-state index in [0.29, 0.717) is 17.0 Å². The average Bonchev–Trinajstić information content (AvgIpc) is 3.53. The smallest absolute Gasteiger partial charge is 0.196 e. The van der Waals surface area contributed by atoms with Gasteiger partial charge < -0.3 is 10.0 Å². The molecule has 4 nitrogen and oxygen atoms in total. The van der Waals surface area contributed by atoms with E-state index in [1.54, 1.807) is 12.1 Å². The van der Waals surface area contributed by atoms with Crippen LogP contribution in [0.3, 0.4) is 0 Å². The van der Waals surface area contributed by atoms with Gasteiger partial charge in [-0.2, -0.15) is 0 Å². The lowest BCUT2D eigenvalue weighted by Crippen LogP contribution is -2.32. The van der Waals surface area contributed by atoms with Gasteiger partial charge in [-0.15, -0.1) is 11.3 Å². The zero-order valence-corrected chi connectivity index (χ0v) is 22.3. The van der Waals surface area contributed by atoms with Crippen LogP contribution in [-0.4, -0.2) is 22.4 Å². The van der Waals surface area contributed by atoms with Gasteiger partial charge in [-0.25, -0.2) is 4.98 Å². The van der Waals surface area contributed by atoms with Crippen molar-refractivity contribution in [1.82, 2.24) is 4.98 Å². The number of aliphatic hydroxyl groups excluding tert-OH is 1. The molecule has 1 saturated carbocycles. The van der Waals surface area contributed by atoms with Crippen molar-refractivity contribution in [2.45, 2.75) is 77.2 Å². The van der Waals surface area contributed by atoms with E-state index in [2.05, 4.69) is 38.7 Å². The molecule has 35 heavy (non-hydrogen) atoms. The summed E-state index contributed by atoms with van der Waals surface area (Å²) in [4.78, 5) is 22.1. The molecule has 2 aromatic carbocycles. The maximum atomic E-state index is 13.1. The number of aliphatic hydroxyl groups is 1. The molecule has 1 aromatic heterocycles. The van der Waals surface area contributed by atoms with Crippen molar-refractivity contribution < 1.29 is 9.90 Å². The molecule has 2 aliphatic carbocycles. The van der Waals surface area contributed by atoms with Gasteiger partial charge in [-0.3, -0.25) is 4.79 Å². The summed E-state index contributed by atoms with van der Waals surface area (Å²) in [6.45, 7) is 12.2. The van der Waals surface area contributed by atoms with Gasteiger partial charge in [0.1, 0.15) is 6.10 Å². The van der Waals surface area contributed by atoms with Crippen LogP contribution in [0.5, 0.6) is 0 Å². The van der Waals surface area contributed by atoms with Crippen LogP contribution in [0.2, 0.25) is 0 Å². The van der Waals surface area contributed by atoms with Crippen LogP contribution in [0, 0.1) is 12.8 Å². The van der Waals surface area contributed by atoms with Crippen molar-refractivity contribution in [2.75, 3.05) is 11.4 Å². The molecule has 0 radical (unpaired) electrons. The lowest BCUT2D eigenvalue weighted by atomic mass is 9.69. The van der Waals surface area contributed by atoms with Gasteiger partial charge in [-0.05, 0) is 67.9 Å². The first-order valence-electron chi connectivity index (χ1n) is 12.7.